The molecule has 0 aromatic rings. The number of ether oxygens (including phenoxy) is 3. The third kappa shape index (κ3) is 16.0. The lowest BCUT2D eigenvalue weighted by Crippen LogP contribution is -2.48. The zero-order valence-electron chi connectivity index (χ0n) is 37.5. The Morgan fingerprint density at radius 2 is 1.35 bits per heavy atom. The van der Waals surface area contributed by atoms with Crippen molar-refractivity contribution in [3.8, 4) is 0 Å². The van der Waals surface area contributed by atoms with E-state index in [0.717, 1.165) is 75.3 Å². The third-order valence-corrected chi connectivity index (χ3v) is 12.7. The predicted octanol–water partition coefficient (Wildman–Crippen LogP) is 9.23. The molecule has 0 saturated heterocycles. The Morgan fingerprint density at radius 3 is 2.02 bits per heavy atom. The Labute approximate surface area is 345 Å². The molecular formula is C46H80N4O7. The second-order valence-electron chi connectivity index (χ2n) is 21.0. The molecule has 4 aliphatic rings. The third-order valence-electron chi connectivity index (χ3n) is 12.7. The van der Waals surface area contributed by atoms with Crippen molar-refractivity contribution in [1.29, 1.82) is 0 Å². The average molecular weight is 801 g/mol. The van der Waals surface area contributed by atoms with E-state index in [1.54, 1.807) is 5.57 Å². The minimum absolute atomic E-state index is 0.0122. The number of allylic oxidation sites excluding steroid dienone is 1. The second-order valence-corrected chi connectivity index (χ2v) is 21.0. The highest BCUT2D eigenvalue weighted by molar-refractivity contribution is 5.77. The molecule has 57 heavy (non-hydrogen) atoms. The Hall–Kier alpha value is -2.82. The fraction of sp³-hybridized carbons (Fsp3) is 0.870. The largest absolute Gasteiger partial charge is 0.462 e. The van der Waals surface area contributed by atoms with Crippen LogP contribution in [0, 0.1) is 29.6 Å². The normalized spacial score (nSPS) is 24.9. The van der Waals surface area contributed by atoms with Crippen molar-refractivity contribution in [2.75, 3.05) is 26.2 Å². The molecule has 0 bridgehead atoms. The maximum atomic E-state index is 13.6. The molecule has 3 N–H and O–H groups in total. The van der Waals surface area contributed by atoms with Gasteiger partial charge in [0.1, 0.15) is 17.3 Å². The van der Waals surface area contributed by atoms with Gasteiger partial charge in [0.15, 0.2) is 0 Å². The molecule has 3 amide bonds. The van der Waals surface area contributed by atoms with Crippen LogP contribution >= 0.6 is 0 Å². The highest BCUT2D eigenvalue weighted by Crippen LogP contribution is 2.56. The van der Waals surface area contributed by atoms with Crippen molar-refractivity contribution in [3.05, 3.63) is 11.6 Å². The van der Waals surface area contributed by atoms with Gasteiger partial charge in [0.25, 0.3) is 0 Å². The Kier molecular flexibility index (Phi) is 16.8. The van der Waals surface area contributed by atoms with Crippen molar-refractivity contribution in [2.24, 2.45) is 29.6 Å². The van der Waals surface area contributed by atoms with E-state index in [2.05, 4.69) is 22.0 Å². The summed E-state index contributed by atoms with van der Waals surface area (Å²) in [5.74, 6) is 4.12. The maximum Gasteiger partial charge on any atom is 0.408 e. The molecule has 4 rings (SSSR count). The summed E-state index contributed by atoms with van der Waals surface area (Å²) >= 11 is 0. The molecule has 4 aliphatic carbocycles. The zero-order valence-corrected chi connectivity index (χ0v) is 37.5. The molecule has 0 radical (unpaired) electrons. The molecule has 11 heteroatoms. The molecule has 0 aromatic carbocycles. The van der Waals surface area contributed by atoms with E-state index in [1.807, 2.05) is 74.1 Å². The van der Waals surface area contributed by atoms with Crippen LogP contribution in [0.1, 0.15) is 172 Å². The minimum atomic E-state index is -0.605. The fourth-order valence-electron chi connectivity index (χ4n) is 9.88. The van der Waals surface area contributed by atoms with Gasteiger partial charge in [-0.2, -0.15) is 0 Å². The van der Waals surface area contributed by atoms with Crippen LogP contribution in [0.2, 0.25) is 0 Å². The molecule has 326 valence electrons. The van der Waals surface area contributed by atoms with Gasteiger partial charge in [-0.25, -0.2) is 9.59 Å². The monoisotopic (exact) mass is 801 g/mol. The van der Waals surface area contributed by atoms with Gasteiger partial charge in [0.05, 0.1) is 0 Å². The number of hydrogen-bond donors (Lipinski definition) is 3. The summed E-state index contributed by atoms with van der Waals surface area (Å²) in [5, 5.41) is 9.38. The van der Waals surface area contributed by atoms with Crippen molar-refractivity contribution >= 4 is 24.1 Å². The molecule has 11 nitrogen and oxygen atoms in total. The first-order valence-electron chi connectivity index (χ1n) is 22.5. The number of nitrogens with zero attached hydrogens (tertiary/aromatic N) is 1. The van der Waals surface area contributed by atoms with Crippen LogP contribution in [0.15, 0.2) is 11.6 Å². The molecular weight excluding hydrogens is 721 g/mol. The zero-order chi connectivity index (χ0) is 42.0. The summed E-state index contributed by atoms with van der Waals surface area (Å²) < 4.78 is 16.9. The van der Waals surface area contributed by atoms with Gasteiger partial charge >= 0.3 is 18.2 Å². The number of hydrogen-bond acceptors (Lipinski definition) is 8. The lowest BCUT2D eigenvalue weighted by molar-refractivity contribution is -0.150. The van der Waals surface area contributed by atoms with Crippen LogP contribution in [0.25, 0.3) is 0 Å². The van der Waals surface area contributed by atoms with E-state index in [9.17, 15) is 19.2 Å². The van der Waals surface area contributed by atoms with Gasteiger partial charge in [-0.1, -0.05) is 24.5 Å². The smallest absolute Gasteiger partial charge is 0.408 e. The van der Waals surface area contributed by atoms with E-state index in [0.29, 0.717) is 31.8 Å². The molecule has 6 unspecified atom stereocenters. The number of alkyl carbamates (subject to hydrolysis) is 2. The molecule has 0 aromatic heterocycles. The molecule has 3 fully saturated rings. The number of fused-ring (bicyclic) bond motifs is 5. The quantitative estimate of drug-likeness (QED) is 0.0541. The van der Waals surface area contributed by atoms with E-state index in [-0.39, 0.29) is 30.8 Å². The van der Waals surface area contributed by atoms with Crippen LogP contribution in [0.4, 0.5) is 9.59 Å². The van der Waals surface area contributed by atoms with Gasteiger partial charge < -0.3 is 35.1 Å². The summed E-state index contributed by atoms with van der Waals surface area (Å²) in [6.45, 7) is 21.5. The topological polar surface area (TPSA) is 135 Å². The van der Waals surface area contributed by atoms with Crippen LogP contribution in [-0.4, -0.2) is 83.5 Å². The highest BCUT2D eigenvalue weighted by Gasteiger charge is 2.47. The lowest BCUT2D eigenvalue weighted by atomic mass is 9.57. The van der Waals surface area contributed by atoms with Crippen molar-refractivity contribution in [2.45, 2.75) is 200 Å². The first-order chi connectivity index (χ1) is 26.6. The van der Waals surface area contributed by atoms with Crippen molar-refractivity contribution < 1.29 is 33.4 Å². The number of nitrogens with one attached hydrogen (secondary N) is 3. The number of esters is 1. The van der Waals surface area contributed by atoms with Gasteiger partial charge in [-0.05, 0) is 183 Å². The number of unbranched alkanes of at least 4 members (excludes halogenated alkanes) is 1. The van der Waals surface area contributed by atoms with Crippen LogP contribution < -0.4 is 16.0 Å². The standard InChI is InChI=1S/C46H80N4O7/c1-43(2,3)56-41(53)48-45(7,8)25-28-47-27-11-12-29-50(30-26-46(9,10)49-42(54)57-44(4,5)6)39(51)17-14-18-40(52)55-34-21-24-36-33(31-34)20-23-37-35-16-13-15-32(35)19-22-38(36)37/h20,32,34-38,47H,11-19,21-31H2,1-10H3,(H,48,53)(H,49,54). The number of carbonyl (C=O) groups is 4. The Bertz CT molecular complexity index is 1380. The SMILES string of the molecule is CC(C)(CCNCCCCN(CCC(C)(C)NC(=O)OC(C)(C)C)C(=O)CCCC(=O)OC1CCC2C(=CCC3C4CCCC4CCC23)C1)NC(=O)OC(C)(C)C. The first-order valence-corrected chi connectivity index (χ1v) is 22.5. The van der Waals surface area contributed by atoms with Crippen LogP contribution in [0.5, 0.6) is 0 Å². The van der Waals surface area contributed by atoms with Gasteiger partial charge in [-0.15, -0.1) is 0 Å². The Balaban J connectivity index is 1.20. The minimum Gasteiger partial charge on any atom is -0.462 e. The fourth-order valence-corrected chi connectivity index (χ4v) is 9.88. The van der Waals surface area contributed by atoms with Gasteiger partial charge in [0.2, 0.25) is 5.91 Å². The van der Waals surface area contributed by atoms with E-state index >= 15 is 0 Å². The number of carbonyl (C=O) groups excluding carboxylic acids is 4. The summed E-state index contributed by atoms with van der Waals surface area (Å²) in [5.41, 5.74) is -0.618. The van der Waals surface area contributed by atoms with Gasteiger partial charge in [-0.3, -0.25) is 9.59 Å². The summed E-state index contributed by atoms with van der Waals surface area (Å²) in [4.78, 5) is 53.3. The number of amides is 3. The average Bonchev–Trinajstić information content (AvgIpc) is 3.56. The first kappa shape index (κ1) is 46.9. The molecule has 3 saturated carbocycles. The van der Waals surface area contributed by atoms with Crippen LogP contribution in [0.3, 0.4) is 0 Å². The maximum absolute atomic E-state index is 13.6. The molecule has 6 atom stereocenters. The highest BCUT2D eigenvalue weighted by atomic mass is 16.6. The van der Waals surface area contributed by atoms with Crippen molar-refractivity contribution in [1.82, 2.24) is 20.9 Å². The number of rotatable bonds is 18. The summed E-state index contributed by atoms with van der Waals surface area (Å²) in [6.07, 6.45) is 16.8. The predicted molar refractivity (Wildman–Crippen MR) is 226 cm³/mol. The Morgan fingerprint density at radius 1 is 0.684 bits per heavy atom. The van der Waals surface area contributed by atoms with Gasteiger partial charge in [0, 0.05) is 43.4 Å². The molecule has 0 aliphatic heterocycles. The van der Waals surface area contributed by atoms with Crippen molar-refractivity contribution in [3.63, 3.8) is 0 Å². The lowest BCUT2D eigenvalue weighted by Gasteiger charge is -2.49. The second kappa shape index (κ2) is 20.4. The van der Waals surface area contributed by atoms with Crippen LogP contribution in [-0.2, 0) is 23.8 Å². The summed E-state index contributed by atoms with van der Waals surface area (Å²) in [7, 11) is 0. The summed E-state index contributed by atoms with van der Waals surface area (Å²) in [6, 6.07) is 0. The van der Waals surface area contributed by atoms with E-state index in [4.69, 9.17) is 14.2 Å². The van der Waals surface area contributed by atoms with E-state index in [1.165, 1.54) is 38.5 Å². The molecule has 0 heterocycles. The molecule has 0 spiro atoms. The van der Waals surface area contributed by atoms with E-state index < -0.39 is 34.5 Å².